The lowest BCUT2D eigenvalue weighted by Crippen LogP contribution is -2.51. The normalized spacial score (nSPS) is 40.7. The summed E-state index contributed by atoms with van der Waals surface area (Å²) in [5.74, 6) is 0.982. The number of fused-ring (bicyclic) bond motifs is 3. The van der Waals surface area contributed by atoms with Gasteiger partial charge in [0.25, 0.3) is 6.02 Å². The molecule has 2 N–H and O–H groups in total. The summed E-state index contributed by atoms with van der Waals surface area (Å²) in [5, 5.41) is 0. The monoisotopic (exact) mass is 392 g/mol. The number of halogens is 1. The Morgan fingerprint density at radius 1 is 1.29 bits per heavy atom. The summed E-state index contributed by atoms with van der Waals surface area (Å²) in [7, 11) is 1.83. The van der Waals surface area contributed by atoms with E-state index in [1.54, 1.807) is 0 Å². The number of amidine groups is 1. The molecule has 0 amide bonds. The molecule has 1 fully saturated rings. The van der Waals surface area contributed by atoms with Crippen LogP contribution in [0.4, 0.5) is 0 Å². The van der Waals surface area contributed by atoms with Crippen LogP contribution in [-0.4, -0.2) is 25.8 Å². The van der Waals surface area contributed by atoms with Gasteiger partial charge in [-0.05, 0) is 54.4 Å². The third kappa shape index (κ3) is 2.10. The molecule has 24 heavy (non-hydrogen) atoms. The van der Waals surface area contributed by atoms with Gasteiger partial charge in [0, 0.05) is 17.0 Å². The van der Waals surface area contributed by atoms with Crippen molar-refractivity contribution in [1.29, 1.82) is 0 Å². The van der Waals surface area contributed by atoms with Gasteiger partial charge in [-0.2, -0.15) is 0 Å². The zero-order valence-corrected chi connectivity index (χ0v) is 16.1. The second-order valence-electron chi connectivity index (χ2n) is 7.92. The standard InChI is InChI=1S/C19H25BrN2O2/c1-11-7-18(8-12(2)16(11)23-3)9-13-4-5-14(20)6-15(13)19(18)10-24-17(21)22-19/h4-6,11-12,16H,7-10H2,1-3H3,(H2,21,22)/t11-,12+,16+,18+,19?. The third-order valence-electron chi connectivity index (χ3n) is 6.47. The zero-order chi connectivity index (χ0) is 17.1. The Morgan fingerprint density at radius 3 is 2.58 bits per heavy atom. The average Bonchev–Trinajstić information content (AvgIpc) is 3.01. The minimum atomic E-state index is -0.350. The van der Waals surface area contributed by atoms with Gasteiger partial charge in [0.1, 0.15) is 12.1 Å². The van der Waals surface area contributed by atoms with E-state index in [1.165, 1.54) is 11.1 Å². The van der Waals surface area contributed by atoms with E-state index in [2.05, 4.69) is 48.0 Å². The Morgan fingerprint density at radius 2 is 2.00 bits per heavy atom. The van der Waals surface area contributed by atoms with Crippen LogP contribution in [0.1, 0.15) is 37.8 Å². The van der Waals surface area contributed by atoms with Gasteiger partial charge in [-0.25, -0.2) is 4.99 Å². The molecular formula is C19H25BrN2O2. The molecule has 4 nitrogen and oxygen atoms in total. The largest absolute Gasteiger partial charge is 0.462 e. The van der Waals surface area contributed by atoms with Gasteiger partial charge in [0.2, 0.25) is 0 Å². The fourth-order valence-electron chi connectivity index (χ4n) is 5.78. The Balaban J connectivity index is 1.85. The number of methoxy groups -OCH3 is 1. The summed E-state index contributed by atoms with van der Waals surface area (Å²) in [6.07, 6.45) is 3.53. The van der Waals surface area contributed by atoms with Crippen molar-refractivity contribution in [2.75, 3.05) is 13.7 Å². The lowest BCUT2D eigenvalue weighted by atomic mass is 9.57. The van der Waals surface area contributed by atoms with Crippen molar-refractivity contribution < 1.29 is 9.47 Å². The molecule has 5 atom stereocenters. The second kappa shape index (κ2) is 5.46. The lowest BCUT2D eigenvalue weighted by molar-refractivity contribution is -0.0779. The van der Waals surface area contributed by atoms with E-state index >= 15 is 0 Å². The van der Waals surface area contributed by atoms with Gasteiger partial charge in [0.15, 0.2) is 0 Å². The van der Waals surface area contributed by atoms with Crippen LogP contribution in [-0.2, 0) is 21.4 Å². The van der Waals surface area contributed by atoms with Gasteiger partial charge in [-0.3, -0.25) is 0 Å². The van der Waals surface area contributed by atoms with Crippen LogP contribution < -0.4 is 5.73 Å². The number of rotatable bonds is 1. The van der Waals surface area contributed by atoms with Crippen molar-refractivity contribution in [2.24, 2.45) is 28.0 Å². The van der Waals surface area contributed by atoms with Crippen LogP contribution in [0.5, 0.6) is 0 Å². The molecule has 3 aliphatic rings. The summed E-state index contributed by atoms with van der Waals surface area (Å²) in [5.41, 5.74) is 8.37. The van der Waals surface area contributed by atoms with Crippen LogP contribution in [0.25, 0.3) is 0 Å². The average molecular weight is 393 g/mol. The molecule has 1 aliphatic heterocycles. The quantitative estimate of drug-likeness (QED) is 0.793. The van der Waals surface area contributed by atoms with Crippen LogP contribution in [0, 0.1) is 17.3 Å². The molecule has 0 radical (unpaired) electrons. The van der Waals surface area contributed by atoms with E-state index in [0.717, 1.165) is 23.7 Å². The number of ether oxygens (including phenoxy) is 2. The smallest absolute Gasteiger partial charge is 0.283 e. The van der Waals surface area contributed by atoms with E-state index < -0.39 is 0 Å². The molecule has 1 aromatic rings. The predicted molar refractivity (Wildman–Crippen MR) is 97.9 cm³/mol. The van der Waals surface area contributed by atoms with Crippen LogP contribution in [0.2, 0.25) is 0 Å². The molecule has 0 saturated heterocycles. The predicted octanol–water partition coefficient (Wildman–Crippen LogP) is 3.61. The first-order chi connectivity index (χ1) is 11.4. The highest BCUT2D eigenvalue weighted by Gasteiger charge is 2.63. The van der Waals surface area contributed by atoms with Crippen molar-refractivity contribution in [2.45, 2.75) is 44.8 Å². The molecule has 1 saturated carbocycles. The number of nitrogens with two attached hydrogens (primary N) is 1. The van der Waals surface area contributed by atoms with E-state index in [-0.39, 0.29) is 11.0 Å². The summed E-state index contributed by atoms with van der Waals surface area (Å²) in [6.45, 7) is 5.17. The fraction of sp³-hybridized carbons (Fsp3) is 0.632. The molecule has 5 heteroatoms. The molecule has 1 aromatic carbocycles. The van der Waals surface area contributed by atoms with Crippen LogP contribution in [0.3, 0.4) is 0 Å². The van der Waals surface area contributed by atoms with E-state index in [9.17, 15) is 0 Å². The summed E-state index contributed by atoms with van der Waals surface area (Å²) >= 11 is 3.63. The molecule has 0 bridgehead atoms. The molecule has 1 unspecified atom stereocenters. The Labute approximate surface area is 151 Å². The second-order valence-corrected chi connectivity index (χ2v) is 8.84. The SMILES string of the molecule is CO[C@H]1[C@H](C)C[C@@]2(Cc3ccc(Br)cc3C23COC(N)=N3)C[C@@H]1C. The molecular weight excluding hydrogens is 368 g/mol. The first-order valence-electron chi connectivity index (χ1n) is 8.71. The van der Waals surface area contributed by atoms with Gasteiger partial charge < -0.3 is 15.2 Å². The van der Waals surface area contributed by atoms with Gasteiger partial charge in [0.05, 0.1) is 6.10 Å². The van der Waals surface area contributed by atoms with E-state index in [1.807, 2.05) is 7.11 Å². The highest BCUT2D eigenvalue weighted by Crippen LogP contribution is 2.63. The molecule has 0 aromatic heterocycles. The fourth-order valence-corrected chi connectivity index (χ4v) is 6.14. The summed E-state index contributed by atoms with van der Waals surface area (Å²) in [6, 6.07) is 6.91. The maximum Gasteiger partial charge on any atom is 0.283 e. The highest BCUT2D eigenvalue weighted by atomic mass is 79.9. The van der Waals surface area contributed by atoms with Gasteiger partial charge in [-0.1, -0.05) is 35.8 Å². The zero-order valence-electron chi connectivity index (χ0n) is 14.5. The van der Waals surface area contributed by atoms with Crippen molar-refractivity contribution in [3.63, 3.8) is 0 Å². The molecule has 130 valence electrons. The van der Waals surface area contributed by atoms with Crippen molar-refractivity contribution >= 4 is 22.0 Å². The first kappa shape index (κ1) is 16.4. The van der Waals surface area contributed by atoms with Crippen molar-refractivity contribution in [3.05, 3.63) is 33.8 Å². The van der Waals surface area contributed by atoms with Crippen LogP contribution >= 0.6 is 15.9 Å². The van der Waals surface area contributed by atoms with Crippen molar-refractivity contribution in [1.82, 2.24) is 0 Å². The molecule has 2 aliphatic carbocycles. The number of nitrogens with zero attached hydrogens (tertiary/aromatic N) is 1. The first-order valence-corrected chi connectivity index (χ1v) is 9.50. The van der Waals surface area contributed by atoms with Crippen molar-refractivity contribution in [3.8, 4) is 0 Å². The Bertz CT molecular complexity index is 693. The third-order valence-corrected chi connectivity index (χ3v) is 6.97. The maximum atomic E-state index is 5.99. The van der Waals surface area contributed by atoms with E-state index in [4.69, 9.17) is 20.2 Å². The number of aliphatic imine (C=N–C) groups is 1. The number of hydrogen-bond acceptors (Lipinski definition) is 4. The number of hydrogen-bond donors (Lipinski definition) is 1. The van der Waals surface area contributed by atoms with Crippen LogP contribution in [0.15, 0.2) is 27.7 Å². The molecule has 1 heterocycles. The number of benzene rings is 1. The Kier molecular flexibility index (Phi) is 3.73. The molecule has 2 spiro atoms. The minimum Gasteiger partial charge on any atom is -0.462 e. The summed E-state index contributed by atoms with van der Waals surface area (Å²) in [4.78, 5) is 4.91. The summed E-state index contributed by atoms with van der Waals surface area (Å²) < 4.78 is 12.6. The minimum absolute atomic E-state index is 0.0606. The molecule has 4 rings (SSSR count). The lowest BCUT2D eigenvalue weighted by Gasteiger charge is -2.50. The highest BCUT2D eigenvalue weighted by molar-refractivity contribution is 9.10. The topological polar surface area (TPSA) is 56.8 Å². The van der Waals surface area contributed by atoms with Gasteiger partial charge in [-0.15, -0.1) is 0 Å². The Hall–Kier alpha value is -1.07. The maximum absolute atomic E-state index is 5.99. The van der Waals surface area contributed by atoms with E-state index in [0.29, 0.717) is 30.6 Å². The van der Waals surface area contributed by atoms with Gasteiger partial charge >= 0.3 is 0 Å².